The van der Waals surface area contributed by atoms with Gasteiger partial charge in [0.15, 0.2) is 22.4 Å². The summed E-state index contributed by atoms with van der Waals surface area (Å²) in [5, 5.41) is 9.45. The lowest BCUT2D eigenvalue weighted by atomic mass is 10.1. The highest BCUT2D eigenvalue weighted by Crippen LogP contribution is 2.39. The van der Waals surface area contributed by atoms with E-state index in [1.54, 1.807) is 48.5 Å². The fourth-order valence-corrected chi connectivity index (χ4v) is 3.93. The first-order valence-corrected chi connectivity index (χ1v) is 9.56. The molecule has 0 bridgehead atoms. The lowest BCUT2D eigenvalue weighted by Gasteiger charge is -2.14. The van der Waals surface area contributed by atoms with Gasteiger partial charge in [-0.3, -0.25) is 9.69 Å². The highest BCUT2D eigenvalue weighted by molar-refractivity contribution is 8.27. The first kappa shape index (κ1) is 20.2. The standard InChI is InChI=1S/C19H14ClNO5S2/c1-25-14-4-2-3-11(17(14)26-10-16(22)23)9-15-18(24)21(19(27)28-15)13-7-5-12(20)6-8-13/h2-9H,10H2,1H3,(H,22,23)/b15-9-. The molecule has 1 heterocycles. The van der Waals surface area contributed by atoms with Gasteiger partial charge in [-0.05, 0) is 36.4 Å². The topological polar surface area (TPSA) is 76.1 Å². The van der Waals surface area contributed by atoms with Gasteiger partial charge in [0.05, 0.1) is 17.7 Å². The molecule has 1 saturated heterocycles. The molecule has 0 aromatic heterocycles. The van der Waals surface area contributed by atoms with Crippen molar-refractivity contribution < 1.29 is 24.2 Å². The summed E-state index contributed by atoms with van der Waals surface area (Å²) in [6.45, 7) is -0.535. The molecule has 0 atom stereocenters. The van der Waals surface area contributed by atoms with E-state index in [2.05, 4.69) is 0 Å². The summed E-state index contributed by atoms with van der Waals surface area (Å²) in [6, 6.07) is 11.9. The third kappa shape index (κ3) is 4.30. The Morgan fingerprint density at radius 3 is 2.64 bits per heavy atom. The number of benzene rings is 2. The van der Waals surface area contributed by atoms with Crippen molar-refractivity contribution in [3.8, 4) is 11.5 Å². The number of carbonyl (C=O) groups excluding carboxylic acids is 1. The summed E-state index contributed by atoms with van der Waals surface area (Å²) in [5.41, 5.74) is 1.13. The van der Waals surface area contributed by atoms with Crippen molar-refractivity contribution in [2.24, 2.45) is 0 Å². The molecule has 1 fully saturated rings. The van der Waals surface area contributed by atoms with Gasteiger partial charge in [-0.1, -0.05) is 47.7 Å². The lowest BCUT2D eigenvalue weighted by molar-refractivity contribution is -0.139. The van der Waals surface area contributed by atoms with Crippen molar-refractivity contribution in [2.75, 3.05) is 18.6 Å². The normalized spacial score (nSPS) is 15.2. The summed E-state index contributed by atoms with van der Waals surface area (Å²) in [5.74, 6) is -0.803. The number of thiocarbonyl (C=S) groups is 1. The predicted octanol–water partition coefficient (Wildman–Crippen LogP) is 4.22. The van der Waals surface area contributed by atoms with Crippen molar-refractivity contribution in [1.82, 2.24) is 0 Å². The van der Waals surface area contributed by atoms with E-state index in [9.17, 15) is 9.59 Å². The van der Waals surface area contributed by atoms with Crippen LogP contribution in [-0.4, -0.2) is 35.0 Å². The molecule has 144 valence electrons. The van der Waals surface area contributed by atoms with Crippen LogP contribution < -0.4 is 14.4 Å². The molecule has 2 aromatic carbocycles. The number of amides is 1. The number of carboxylic acids is 1. The lowest BCUT2D eigenvalue weighted by Crippen LogP contribution is -2.27. The molecule has 1 aliphatic rings. The number of aliphatic carboxylic acids is 1. The number of methoxy groups -OCH3 is 1. The molecular formula is C19H14ClNO5S2. The molecular weight excluding hydrogens is 422 g/mol. The van der Waals surface area contributed by atoms with Crippen molar-refractivity contribution in [2.45, 2.75) is 0 Å². The quantitative estimate of drug-likeness (QED) is 0.537. The number of halogens is 1. The number of thioether (sulfide) groups is 1. The van der Waals surface area contributed by atoms with Crippen LogP contribution in [0.15, 0.2) is 47.4 Å². The Kier molecular flexibility index (Phi) is 6.23. The maximum atomic E-state index is 12.9. The second-order valence-corrected chi connectivity index (χ2v) is 7.67. The minimum absolute atomic E-state index is 0.240. The second-order valence-electron chi connectivity index (χ2n) is 5.55. The average molecular weight is 436 g/mol. The fraction of sp³-hybridized carbons (Fsp3) is 0.105. The number of hydrogen-bond acceptors (Lipinski definition) is 6. The Labute approximate surface area is 175 Å². The SMILES string of the molecule is COc1cccc(/C=C2\SC(=S)N(c3ccc(Cl)cc3)C2=O)c1OCC(=O)O. The Hall–Kier alpha value is -2.55. The Bertz CT molecular complexity index is 975. The monoisotopic (exact) mass is 435 g/mol. The molecule has 0 radical (unpaired) electrons. The van der Waals surface area contributed by atoms with Gasteiger partial charge in [-0.15, -0.1) is 0 Å². The maximum Gasteiger partial charge on any atom is 0.341 e. The van der Waals surface area contributed by atoms with E-state index in [1.165, 1.54) is 12.0 Å². The molecule has 0 spiro atoms. The number of carbonyl (C=O) groups is 2. The summed E-state index contributed by atoms with van der Waals surface area (Å²) in [6.07, 6.45) is 1.61. The number of anilines is 1. The van der Waals surface area contributed by atoms with Gasteiger partial charge in [0.2, 0.25) is 0 Å². The number of rotatable bonds is 6. The zero-order chi connectivity index (χ0) is 20.3. The van der Waals surface area contributed by atoms with Gasteiger partial charge in [0, 0.05) is 10.6 Å². The third-order valence-electron chi connectivity index (χ3n) is 3.73. The van der Waals surface area contributed by atoms with E-state index in [0.29, 0.717) is 31.2 Å². The largest absolute Gasteiger partial charge is 0.493 e. The molecule has 0 unspecified atom stereocenters. The molecule has 1 aliphatic heterocycles. The molecule has 9 heteroatoms. The van der Waals surface area contributed by atoms with Crippen LogP contribution >= 0.6 is 35.6 Å². The Morgan fingerprint density at radius 1 is 1.29 bits per heavy atom. The first-order chi connectivity index (χ1) is 13.4. The van der Waals surface area contributed by atoms with E-state index in [4.69, 9.17) is 38.4 Å². The van der Waals surface area contributed by atoms with Crippen molar-refractivity contribution in [3.05, 3.63) is 58.0 Å². The number of nitrogens with zero attached hydrogens (tertiary/aromatic N) is 1. The third-order valence-corrected chi connectivity index (χ3v) is 5.29. The molecule has 28 heavy (non-hydrogen) atoms. The van der Waals surface area contributed by atoms with Crippen molar-refractivity contribution in [3.63, 3.8) is 0 Å². The number of hydrogen-bond donors (Lipinski definition) is 1. The van der Waals surface area contributed by atoms with Crippen molar-refractivity contribution >= 4 is 63.5 Å². The zero-order valence-electron chi connectivity index (χ0n) is 14.5. The van der Waals surface area contributed by atoms with Crippen LogP contribution in [0.25, 0.3) is 6.08 Å². The van der Waals surface area contributed by atoms with Crippen molar-refractivity contribution in [1.29, 1.82) is 0 Å². The van der Waals surface area contributed by atoms with E-state index in [1.807, 2.05) is 0 Å². The van der Waals surface area contributed by atoms with Gasteiger partial charge in [0.1, 0.15) is 0 Å². The molecule has 6 nitrogen and oxygen atoms in total. The van der Waals surface area contributed by atoms with Crippen LogP contribution in [0, 0.1) is 0 Å². The van der Waals surface area contributed by atoms with Gasteiger partial charge >= 0.3 is 5.97 Å². The predicted molar refractivity (Wildman–Crippen MR) is 113 cm³/mol. The molecule has 0 saturated carbocycles. The minimum atomic E-state index is -1.12. The smallest absolute Gasteiger partial charge is 0.341 e. The molecule has 1 N–H and O–H groups in total. The average Bonchev–Trinajstić information content (AvgIpc) is 2.94. The van der Waals surface area contributed by atoms with Crippen LogP contribution in [-0.2, 0) is 9.59 Å². The van der Waals surface area contributed by atoms with Gasteiger partial charge < -0.3 is 14.6 Å². The van der Waals surface area contributed by atoms with E-state index in [-0.39, 0.29) is 11.7 Å². The maximum absolute atomic E-state index is 12.9. The van der Waals surface area contributed by atoms with Crippen LogP contribution in [0.2, 0.25) is 5.02 Å². The summed E-state index contributed by atoms with van der Waals surface area (Å²) < 4.78 is 11.0. The van der Waals surface area contributed by atoms with E-state index >= 15 is 0 Å². The van der Waals surface area contributed by atoms with E-state index in [0.717, 1.165) is 11.8 Å². The second kappa shape index (κ2) is 8.64. The summed E-state index contributed by atoms with van der Waals surface area (Å²) in [4.78, 5) is 25.6. The molecule has 3 rings (SSSR count). The van der Waals surface area contributed by atoms with Crippen LogP contribution in [0.1, 0.15) is 5.56 Å². The summed E-state index contributed by atoms with van der Waals surface area (Å²) >= 11 is 12.4. The zero-order valence-corrected chi connectivity index (χ0v) is 16.9. The van der Waals surface area contributed by atoms with Crippen LogP contribution in [0.4, 0.5) is 5.69 Å². The highest BCUT2D eigenvalue weighted by atomic mass is 35.5. The highest BCUT2D eigenvalue weighted by Gasteiger charge is 2.33. The fourth-order valence-electron chi connectivity index (χ4n) is 2.52. The summed E-state index contributed by atoms with van der Waals surface area (Å²) in [7, 11) is 1.45. The molecule has 1 amide bonds. The van der Waals surface area contributed by atoms with Crippen LogP contribution in [0.3, 0.4) is 0 Å². The van der Waals surface area contributed by atoms with Crippen LogP contribution in [0.5, 0.6) is 11.5 Å². The van der Waals surface area contributed by atoms with Gasteiger partial charge in [0.25, 0.3) is 5.91 Å². The number of carboxylic acid groups (broad SMARTS) is 1. The molecule has 2 aromatic rings. The molecule has 0 aliphatic carbocycles. The Balaban J connectivity index is 1.95. The van der Waals surface area contributed by atoms with Gasteiger partial charge in [-0.2, -0.15) is 0 Å². The number of para-hydroxylation sites is 1. The number of ether oxygens (including phenoxy) is 2. The minimum Gasteiger partial charge on any atom is -0.493 e. The Morgan fingerprint density at radius 2 is 2.00 bits per heavy atom. The van der Waals surface area contributed by atoms with E-state index < -0.39 is 12.6 Å². The van der Waals surface area contributed by atoms with Gasteiger partial charge in [-0.25, -0.2) is 4.79 Å². The first-order valence-electron chi connectivity index (χ1n) is 7.96.